The molecule has 0 bridgehead atoms. The lowest BCUT2D eigenvalue weighted by atomic mass is 9.95. The van der Waals surface area contributed by atoms with Crippen molar-refractivity contribution in [2.24, 2.45) is 0 Å². The average Bonchev–Trinajstić information content (AvgIpc) is 3.32. The van der Waals surface area contributed by atoms with Crippen molar-refractivity contribution < 1.29 is 0 Å². The molecule has 3 N–H and O–H groups in total. The number of nitrogens with one attached hydrogen (secondary N) is 1. The third kappa shape index (κ3) is 1.99. The van der Waals surface area contributed by atoms with Crippen LogP contribution in [0.5, 0.6) is 0 Å². The number of nitrogen functional groups attached to an aromatic ring is 1. The molecule has 0 fully saturated rings. The van der Waals surface area contributed by atoms with Crippen LogP contribution >= 0.6 is 0 Å². The summed E-state index contributed by atoms with van der Waals surface area (Å²) in [4.78, 5) is 4.59. The molecular formula is C18H14N8. The summed E-state index contributed by atoms with van der Waals surface area (Å²) in [5, 5.41) is 20.5. The highest BCUT2D eigenvalue weighted by molar-refractivity contribution is 6.00. The van der Waals surface area contributed by atoms with Crippen molar-refractivity contribution >= 4 is 22.2 Å². The zero-order valence-corrected chi connectivity index (χ0v) is 13.9. The summed E-state index contributed by atoms with van der Waals surface area (Å²) in [7, 11) is 0. The third-order valence-corrected chi connectivity index (χ3v) is 4.57. The first kappa shape index (κ1) is 14.5. The van der Waals surface area contributed by atoms with Crippen molar-refractivity contribution in [3.8, 4) is 22.5 Å². The zero-order valence-electron chi connectivity index (χ0n) is 13.9. The van der Waals surface area contributed by atoms with Crippen molar-refractivity contribution in [2.45, 2.75) is 6.92 Å². The van der Waals surface area contributed by atoms with Crippen LogP contribution in [-0.2, 0) is 0 Å². The molecular weight excluding hydrogens is 328 g/mol. The topological polar surface area (TPSA) is 111 Å². The number of anilines is 1. The number of aryl methyl sites for hydroxylation is 1. The molecule has 0 aliphatic carbocycles. The first-order chi connectivity index (χ1) is 12.7. The molecule has 0 unspecified atom stereocenters. The Bertz CT molecular complexity index is 1250. The van der Waals surface area contributed by atoms with E-state index in [0.29, 0.717) is 22.9 Å². The molecule has 5 aromatic rings. The lowest BCUT2D eigenvalue weighted by Crippen LogP contribution is -2.04. The Balaban J connectivity index is 1.80. The van der Waals surface area contributed by atoms with Crippen molar-refractivity contribution in [1.29, 1.82) is 0 Å². The second-order valence-electron chi connectivity index (χ2n) is 6.08. The van der Waals surface area contributed by atoms with Crippen molar-refractivity contribution in [2.75, 3.05) is 5.73 Å². The van der Waals surface area contributed by atoms with E-state index in [1.807, 2.05) is 12.1 Å². The van der Waals surface area contributed by atoms with Gasteiger partial charge in [-0.15, -0.1) is 5.10 Å². The summed E-state index contributed by atoms with van der Waals surface area (Å²) in [6, 6.07) is 12.4. The Kier molecular flexibility index (Phi) is 2.99. The normalized spacial score (nSPS) is 11.4. The Hall–Kier alpha value is -3.81. The molecule has 0 spiro atoms. The Morgan fingerprint density at radius 2 is 1.92 bits per heavy atom. The van der Waals surface area contributed by atoms with Crippen LogP contribution in [0.15, 0.2) is 48.8 Å². The number of fused-ring (bicyclic) bond motifs is 2. The molecule has 8 nitrogen and oxygen atoms in total. The molecule has 126 valence electrons. The summed E-state index contributed by atoms with van der Waals surface area (Å²) >= 11 is 0. The largest absolute Gasteiger partial charge is 0.383 e. The standard InChI is InChI=1S/C18H14N8/c1-10-6-7-11-4-2-3-5-12(11)15(10)13-8-20-18-14(17-22-24-25-23-17)9-21-26(18)16(13)19/h2-9H,19H2,1H3,(H,22,23,24,25). The molecule has 2 aromatic carbocycles. The van der Waals surface area contributed by atoms with E-state index in [1.165, 1.54) is 0 Å². The monoisotopic (exact) mass is 342 g/mol. The van der Waals surface area contributed by atoms with Gasteiger partial charge in [0, 0.05) is 11.8 Å². The maximum Gasteiger partial charge on any atom is 0.184 e. The molecule has 5 rings (SSSR count). The lowest BCUT2D eigenvalue weighted by molar-refractivity contribution is 0.881. The summed E-state index contributed by atoms with van der Waals surface area (Å²) in [5.74, 6) is 1.02. The van der Waals surface area contributed by atoms with Crippen LogP contribution < -0.4 is 5.73 Å². The minimum Gasteiger partial charge on any atom is -0.383 e. The van der Waals surface area contributed by atoms with Gasteiger partial charge in [-0.3, -0.25) is 0 Å². The minimum absolute atomic E-state index is 0.501. The van der Waals surface area contributed by atoms with Gasteiger partial charge in [-0.05, 0) is 39.2 Å². The van der Waals surface area contributed by atoms with Crippen LogP contribution in [0.1, 0.15) is 5.56 Å². The summed E-state index contributed by atoms with van der Waals surface area (Å²) in [6.45, 7) is 2.07. The zero-order chi connectivity index (χ0) is 17.7. The van der Waals surface area contributed by atoms with Gasteiger partial charge in [-0.25, -0.2) is 10.1 Å². The van der Waals surface area contributed by atoms with Crippen LogP contribution in [0.2, 0.25) is 0 Å². The van der Waals surface area contributed by atoms with E-state index in [-0.39, 0.29) is 0 Å². The van der Waals surface area contributed by atoms with Gasteiger partial charge in [-0.1, -0.05) is 36.4 Å². The predicted octanol–water partition coefficient (Wildman–Crippen LogP) is 2.62. The molecule has 0 aliphatic rings. The molecule has 0 saturated carbocycles. The molecule has 0 radical (unpaired) electrons. The fraction of sp³-hybridized carbons (Fsp3) is 0.0556. The van der Waals surface area contributed by atoms with Gasteiger partial charge in [0.05, 0.1) is 11.8 Å². The maximum atomic E-state index is 6.48. The van der Waals surface area contributed by atoms with E-state index in [0.717, 1.165) is 27.5 Å². The Labute approximate surface area is 147 Å². The number of aromatic nitrogens is 7. The average molecular weight is 342 g/mol. The number of hydrogen-bond donors (Lipinski definition) is 2. The van der Waals surface area contributed by atoms with Crippen LogP contribution in [-0.4, -0.2) is 35.2 Å². The summed E-state index contributed by atoms with van der Waals surface area (Å²) in [6.07, 6.45) is 3.44. The van der Waals surface area contributed by atoms with Crippen LogP contribution in [0.3, 0.4) is 0 Å². The van der Waals surface area contributed by atoms with Gasteiger partial charge in [0.2, 0.25) is 0 Å². The first-order valence-electron chi connectivity index (χ1n) is 8.09. The van der Waals surface area contributed by atoms with Crippen LogP contribution in [0, 0.1) is 6.92 Å². The molecule has 0 amide bonds. The minimum atomic E-state index is 0.501. The number of H-pyrrole nitrogens is 1. The number of hydrogen-bond acceptors (Lipinski definition) is 6. The van der Waals surface area contributed by atoms with Gasteiger partial charge in [-0.2, -0.15) is 9.61 Å². The van der Waals surface area contributed by atoms with Gasteiger partial charge in [0.1, 0.15) is 5.82 Å². The molecule has 0 aliphatic heterocycles. The first-order valence-corrected chi connectivity index (χ1v) is 8.09. The fourth-order valence-corrected chi connectivity index (χ4v) is 3.32. The maximum absolute atomic E-state index is 6.48. The highest BCUT2D eigenvalue weighted by atomic mass is 15.5. The summed E-state index contributed by atoms with van der Waals surface area (Å²) in [5.41, 5.74) is 10.8. The quantitative estimate of drug-likeness (QED) is 0.510. The van der Waals surface area contributed by atoms with Crippen LogP contribution in [0.4, 0.5) is 5.82 Å². The molecule has 0 saturated heterocycles. The van der Waals surface area contributed by atoms with Crippen molar-refractivity contribution in [3.05, 3.63) is 54.4 Å². The molecule has 3 heterocycles. The number of rotatable bonds is 2. The molecule has 8 heteroatoms. The number of tetrazole rings is 1. The second kappa shape index (κ2) is 5.35. The number of aromatic amines is 1. The van der Waals surface area contributed by atoms with E-state index in [2.05, 4.69) is 61.9 Å². The molecule has 26 heavy (non-hydrogen) atoms. The van der Waals surface area contributed by atoms with E-state index in [4.69, 9.17) is 5.73 Å². The summed E-state index contributed by atoms with van der Waals surface area (Å²) < 4.78 is 1.62. The van der Waals surface area contributed by atoms with E-state index < -0.39 is 0 Å². The smallest absolute Gasteiger partial charge is 0.184 e. The third-order valence-electron chi connectivity index (χ3n) is 4.57. The predicted molar refractivity (Wildman–Crippen MR) is 98.3 cm³/mol. The SMILES string of the molecule is Cc1ccc2ccccc2c1-c1cnc2c(-c3nnn[nH]3)cnn2c1N. The van der Waals surface area contributed by atoms with Crippen molar-refractivity contribution in [3.63, 3.8) is 0 Å². The number of nitrogens with two attached hydrogens (primary N) is 1. The van der Waals surface area contributed by atoms with Crippen molar-refractivity contribution in [1.82, 2.24) is 35.2 Å². The van der Waals surface area contributed by atoms with Crippen LogP contribution in [0.25, 0.3) is 38.9 Å². The Morgan fingerprint density at radius 3 is 2.77 bits per heavy atom. The second-order valence-corrected chi connectivity index (χ2v) is 6.08. The van der Waals surface area contributed by atoms with Gasteiger partial charge in [0.15, 0.2) is 11.5 Å². The van der Waals surface area contributed by atoms with E-state index in [9.17, 15) is 0 Å². The van der Waals surface area contributed by atoms with E-state index >= 15 is 0 Å². The van der Waals surface area contributed by atoms with Gasteiger partial charge < -0.3 is 5.73 Å². The van der Waals surface area contributed by atoms with Gasteiger partial charge >= 0.3 is 0 Å². The van der Waals surface area contributed by atoms with E-state index in [1.54, 1.807) is 16.9 Å². The fourth-order valence-electron chi connectivity index (χ4n) is 3.32. The highest BCUT2D eigenvalue weighted by Gasteiger charge is 2.17. The highest BCUT2D eigenvalue weighted by Crippen LogP contribution is 2.35. The van der Waals surface area contributed by atoms with Gasteiger partial charge in [0.25, 0.3) is 0 Å². The molecule has 0 atom stereocenters. The number of nitrogens with zero attached hydrogens (tertiary/aromatic N) is 6. The molecule has 3 aromatic heterocycles. The lowest BCUT2D eigenvalue weighted by Gasteiger charge is -2.13. The number of benzene rings is 2. The Morgan fingerprint density at radius 1 is 1.04 bits per heavy atom.